The second-order valence-corrected chi connectivity index (χ2v) is 11.9. The number of aryl methyl sites for hydroxylation is 4. The van der Waals surface area contributed by atoms with E-state index in [9.17, 15) is 0 Å². The summed E-state index contributed by atoms with van der Waals surface area (Å²) in [6, 6.07) is 10.1. The average Bonchev–Trinajstić information content (AvgIpc) is 3.34. The van der Waals surface area contributed by atoms with Crippen molar-refractivity contribution in [3.05, 3.63) is 75.3 Å². The van der Waals surface area contributed by atoms with E-state index in [1.165, 1.54) is 51.4 Å². The molecular weight excluding hydrogens is 379 g/mol. The molecule has 0 unspecified atom stereocenters. The summed E-state index contributed by atoms with van der Waals surface area (Å²) in [6.07, 6.45) is 15.6. The molecule has 0 atom stereocenters. The van der Waals surface area contributed by atoms with Gasteiger partial charge in [-0.15, -0.1) is 0 Å². The van der Waals surface area contributed by atoms with Gasteiger partial charge in [0.15, 0.2) is 0 Å². The van der Waals surface area contributed by atoms with Crippen molar-refractivity contribution in [2.75, 3.05) is 0 Å². The van der Waals surface area contributed by atoms with E-state index < -0.39 is 23.2 Å². The van der Waals surface area contributed by atoms with Crippen LogP contribution < -0.4 is 0 Å². The molecule has 6 rings (SSSR count). The van der Waals surface area contributed by atoms with Crippen LogP contribution in [0.2, 0.25) is 0 Å². The molecule has 0 bridgehead atoms. The predicted molar refractivity (Wildman–Crippen MR) is 100 cm³/mol. The van der Waals surface area contributed by atoms with E-state index in [1.807, 2.05) is 0 Å². The van der Waals surface area contributed by atoms with Gasteiger partial charge >= 0.3 is 162 Å². The Morgan fingerprint density at radius 3 is 1.44 bits per heavy atom. The Balaban J connectivity index is 1.24. The summed E-state index contributed by atoms with van der Waals surface area (Å²) in [7, 11) is 0. The maximum atomic E-state index is 2.56. The minimum absolute atomic E-state index is 0.588. The van der Waals surface area contributed by atoms with Crippen molar-refractivity contribution < 1.29 is 23.2 Å². The van der Waals surface area contributed by atoms with Crippen LogP contribution in [0.1, 0.15) is 57.3 Å². The van der Waals surface area contributed by atoms with Gasteiger partial charge in [-0.05, 0) is 0 Å². The zero-order valence-electron chi connectivity index (χ0n) is 14.6. The van der Waals surface area contributed by atoms with Gasteiger partial charge in [-0.1, -0.05) is 0 Å². The zero-order valence-corrected chi connectivity index (χ0v) is 17.1. The van der Waals surface area contributed by atoms with Crippen molar-refractivity contribution in [2.45, 2.75) is 51.4 Å². The van der Waals surface area contributed by atoms with E-state index in [0.29, 0.717) is 0 Å². The van der Waals surface area contributed by atoms with Crippen LogP contribution in [0.15, 0.2) is 30.8 Å². The van der Waals surface area contributed by atoms with Crippen molar-refractivity contribution in [1.82, 2.24) is 0 Å². The number of benzene rings is 2. The first-order valence-electron chi connectivity index (χ1n) is 9.79. The third kappa shape index (κ3) is 2.50. The molecule has 0 aromatic heterocycles. The molecule has 4 aliphatic carbocycles. The van der Waals surface area contributed by atoms with E-state index in [1.54, 1.807) is 51.1 Å². The van der Waals surface area contributed by atoms with Gasteiger partial charge in [-0.2, -0.15) is 0 Å². The van der Waals surface area contributed by atoms with Gasteiger partial charge in [0.1, 0.15) is 0 Å². The van der Waals surface area contributed by atoms with E-state index >= 15 is 0 Å². The van der Waals surface area contributed by atoms with Crippen LogP contribution in [0, 0.1) is 0 Å². The van der Waals surface area contributed by atoms with Crippen molar-refractivity contribution >= 4 is 12.2 Å². The summed E-state index contributed by atoms with van der Waals surface area (Å²) in [4.78, 5) is 0. The second kappa shape index (κ2) is 5.65. The molecule has 4 aliphatic rings. The van der Waals surface area contributed by atoms with Crippen LogP contribution >= 0.6 is 0 Å². The number of allylic oxidation sites excluding steroid dienone is 2. The fraction of sp³-hybridized carbons (Fsp3) is 0.333. The molecule has 0 aliphatic heterocycles. The Bertz CT molecular complexity index is 895. The summed E-state index contributed by atoms with van der Waals surface area (Å²) >= 11 is -0.588. The number of rotatable bonds is 2. The molecule has 0 nitrogen and oxygen atoms in total. The quantitative estimate of drug-likeness (QED) is 0.645. The molecule has 0 radical (unpaired) electrons. The molecule has 1 heteroatoms. The normalized spacial score (nSPS) is 19.2. The summed E-state index contributed by atoms with van der Waals surface area (Å²) < 4.78 is 3.57. The van der Waals surface area contributed by atoms with Gasteiger partial charge in [0, 0.05) is 0 Å². The first-order chi connectivity index (χ1) is 12.3. The fourth-order valence-corrected chi connectivity index (χ4v) is 8.72. The molecule has 0 N–H and O–H groups in total. The second-order valence-electron chi connectivity index (χ2n) is 8.16. The fourth-order valence-electron chi connectivity index (χ4n) is 5.22. The first-order valence-corrected chi connectivity index (χ1v) is 12.3. The molecule has 0 saturated carbocycles. The third-order valence-electron chi connectivity index (χ3n) is 6.45. The summed E-state index contributed by atoms with van der Waals surface area (Å²) in [5.41, 5.74) is 12.9. The standard InChI is InChI=1S/2C12H11.Zr/c2*1-3-9-7-11-5-2-6-12(11)8-10(9)4-1;/h2*5,7-8H,1,3-4,6H2;. The number of fused-ring (bicyclic) bond motifs is 4. The molecular formula is C24H22Zr. The Morgan fingerprint density at radius 1 is 0.520 bits per heavy atom. The zero-order chi connectivity index (χ0) is 16.4. The van der Waals surface area contributed by atoms with Gasteiger partial charge in [0.2, 0.25) is 0 Å². The number of hydrogen-bond acceptors (Lipinski definition) is 0. The minimum atomic E-state index is -0.588. The van der Waals surface area contributed by atoms with Crippen molar-refractivity contribution in [3.8, 4) is 0 Å². The summed E-state index contributed by atoms with van der Waals surface area (Å²) in [5, 5.41) is 0. The average molecular weight is 402 g/mol. The van der Waals surface area contributed by atoms with Crippen LogP contribution in [-0.4, -0.2) is 0 Å². The van der Waals surface area contributed by atoms with Crippen molar-refractivity contribution in [2.24, 2.45) is 0 Å². The molecule has 122 valence electrons. The molecule has 0 amide bonds. The topological polar surface area (TPSA) is 0 Å². The molecule has 2 aromatic rings. The SMILES string of the molecule is C1=[C]([Zr][C]2=Cc3cc4c(cc3C2)CCC4)Cc2cc3c(cc21)CCC3. The van der Waals surface area contributed by atoms with Gasteiger partial charge in [-0.3, -0.25) is 0 Å². The predicted octanol–water partition coefficient (Wildman–Crippen LogP) is 5.24. The Kier molecular flexibility index (Phi) is 3.37. The molecule has 0 spiro atoms. The van der Waals surface area contributed by atoms with Crippen LogP contribution in [0.4, 0.5) is 0 Å². The van der Waals surface area contributed by atoms with E-state index in [4.69, 9.17) is 0 Å². The monoisotopic (exact) mass is 400 g/mol. The van der Waals surface area contributed by atoms with E-state index in [-0.39, 0.29) is 0 Å². The molecule has 0 saturated heterocycles. The Morgan fingerprint density at radius 2 is 0.960 bits per heavy atom. The van der Waals surface area contributed by atoms with Crippen LogP contribution in [-0.2, 0) is 61.8 Å². The summed E-state index contributed by atoms with van der Waals surface area (Å²) in [6.45, 7) is 0. The van der Waals surface area contributed by atoms with Crippen molar-refractivity contribution in [3.63, 3.8) is 0 Å². The first kappa shape index (κ1) is 14.9. The van der Waals surface area contributed by atoms with Crippen molar-refractivity contribution in [1.29, 1.82) is 0 Å². The van der Waals surface area contributed by atoms with Gasteiger partial charge in [0.25, 0.3) is 0 Å². The molecule has 25 heavy (non-hydrogen) atoms. The maximum absolute atomic E-state index is 2.56. The van der Waals surface area contributed by atoms with Gasteiger partial charge in [-0.25, -0.2) is 0 Å². The Labute approximate surface area is 161 Å². The van der Waals surface area contributed by atoms with E-state index in [0.717, 1.165) is 0 Å². The van der Waals surface area contributed by atoms with Gasteiger partial charge in [0.05, 0.1) is 0 Å². The Hall–Kier alpha value is -1.20. The molecule has 0 heterocycles. The number of hydrogen-bond donors (Lipinski definition) is 0. The van der Waals surface area contributed by atoms with Crippen LogP contribution in [0.3, 0.4) is 0 Å². The molecule has 0 fully saturated rings. The van der Waals surface area contributed by atoms with Gasteiger partial charge < -0.3 is 0 Å². The van der Waals surface area contributed by atoms with Crippen LogP contribution in [0.5, 0.6) is 0 Å². The van der Waals surface area contributed by atoms with E-state index in [2.05, 4.69) is 36.4 Å². The third-order valence-corrected chi connectivity index (χ3v) is 9.61. The molecule has 2 aromatic carbocycles. The van der Waals surface area contributed by atoms with Crippen LogP contribution in [0.25, 0.3) is 12.2 Å². The summed E-state index contributed by atoms with van der Waals surface area (Å²) in [5.74, 6) is 0.